The van der Waals surface area contributed by atoms with Crippen molar-refractivity contribution >= 4 is 22.0 Å². The summed E-state index contributed by atoms with van der Waals surface area (Å²) in [6.45, 7) is 3.07. The van der Waals surface area contributed by atoms with Crippen molar-refractivity contribution in [2.45, 2.75) is 43.5 Å². The minimum Gasteiger partial charge on any atom is -0.346 e. The van der Waals surface area contributed by atoms with Crippen LogP contribution in [0.1, 0.15) is 49.8 Å². The molecular formula is C25H29N5O3S. The second-order valence-corrected chi connectivity index (χ2v) is 10.3. The summed E-state index contributed by atoms with van der Waals surface area (Å²) in [4.78, 5) is 16.6. The van der Waals surface area contributed by atoms with Crippen LogP contribution >= 0.6 is 0 Å². The van der Waals surface area contributed by atoms with Gasteiger partial charge in [-0.3, -0.25) is 4.79 Å². The van der Waals surface area contributed by atoms with E-state index in [4.69, 9.17) is 0 Å². The molecule has 0 saturated carbocycles. The summed E-state index contributed by atoms with van der Waals surface area (Å²) in [7, 11) is -3.48. The third kappa shape index (κ3) is 5.78. The maximum atomic E-state index is 12.9. The van der Waals surface area contributed by atoms with Crippen LogP contribution in [0.2, 0.25) is 0 Å². The fraction of sp³-hybridized carbons (Fsp3) is 0.320. The van der Waals surface area contributed by atoms with Crippen LogP contribution in [-0.2, 0) is 14.8 Å². The van der Waals surface area contributed by atoms with Gasteiger partial charge in [-0.25, -0.2) is 18.1 Å². The second-order valence-electron chi connectivity index (χ2n) is 8.38. The van der Waals surface area contributed by atoms with Gasteiger partial charge < -0.3 is 5.32 Å². The smallest absolute Gasteiger partial charge is 0.244 e. The van der Waals surface area contributed by atoms with E-state index >= 15 is 0 Å². The predicted octanol–water partition coefficient (Wildman–Crippen LogP) is 3.72. The van der Waals surface area contributed by atoms with Crippen molar-refractivity contribution in [3.8, 4) is 5.69 Å². The third-order valence-corrected chi connectivity index (χ3v) is 7.86. The fourth-order valence-corrected chi connectivity index (χ4v) is 5.47. The number of nitrogens with one attached hydrogen (secondary N) is 1. The first kappa shape index (κ1) is 23.8. The van der Waals surface area contributed by atoms with Crippen molar-refractivity contribution < 1.29 is 13.2 Å². The van der Waals surface area contributed by atoms with Crippen molar-refractivity contribution in [2.24, 2.45) is 0 Å². The lowest BCUT2D eigenvalue weighted by Gasteiger charge is -2.19. The summed E-state index contributed by atoms with van der Waals surface area (Å²) in [5.74, 6) is -0.228. The molecule has 1 aliphatic heterocycles. The van der Waals surface area contributed by atoms with Crippen molar-refractivity contribution in [2.75, 3.05) is 13.1 Å². The maximum Gasteiger partial charge on any atom is 0.244 e. The van der Waals surface area contributed by atoms with Crippen LogP contribution in [0.4, 0.5) is 0 Å². The van der Waals surface area contributed by atoms with Crippen molar-refractivity contribution in [1.29, 1.82) is 0 Å². The lowest BCUT2D eigenvalue weighted by Crippen LogP contribution is -2.31. The Balaban J connectivity index is 1.34. The van der Waals surface area contributed by atoms with E-state index in [0.717, 1.165) is 42.5 Å². The topological polar surface area (TPSA) is 97.2 Å². The summed E-state index contributed by atoms with van der Waals surface area (Å²) in [5, 5.41) is 7.04. The highest BCUT2D eigenvalue weighted by atomic mass is 32.2. The Morgan fingerprint density at radius 1 is 1.00 bits per heavy atom. The van der Waals surface area contributed by atoms with Gasteiger partial charge in [0.15, 0.2) is 0 Å². The molecule has 1 aliphatic rings. The molecule has 3 aromatic rings. The average Bonchev–Trinajstić information content (AvgIpc) is 3.24. The maximum absolute atomic E-state index is 12.9. The monoisotopic (exact) mass is 479 g/mol. The minimum absolute atomic E-state index is 0.178. The zero-order chi connectivity index (χ0) is 24.0. The molecule has 1 N–H and O–H groups in total. The predicted molar refractivity (Wildman–Crippen MR) is 131 cm³/mol. The van der Waals surface area contributed by atoms with E-state index < -0.39 is 10.0 Å². The van der Waals surface area contributed by atoms with E-state index in [1.165, 1.54) is 12.4 Å². The zero-order valence-electron chi connectivity index (χ0n) is 19.2. The molecule has 4 rings (SSSR count). The first-order chi connectivity index (χ1) is 16.4. The van der Waals surface area contributed by atoms with Crippen LogP contribution in [0, 0.1) is 0 Å². The standard InChI is InChI=1S/C25H29N5O3S/c1-20(22-9-11-23(12-10-22)30-19-26-18-27-30)28-25(31)15-8-21-6-13-24(14-7-21)34(32,33)29-16-4-2-3-5-17-29/h6-15,18-20H,2-5,16-17H2,1H3,(H,28,31)/b15-8+. The Kier molecular flexibility index (Phi) is 7.54. The molecule has 2 heterocycles. The summed E-state index contributed by atoms with van der Waals surface area (Å²) in [5.41, 5.74) is 2.62. The highest BCUT2D eigenvalue weighted by Crippen LogP contribution is 2.21. The Labute approximate surface area is 200 Å². The van der Waals surface area contributed by atoms with Crippen LogP contribution < -0.4 is 5.32 Å². The SMILES string of the molecule is CC(NC(=O)/C=C/c1ccc(S(=O)(=O)N2CCCCCC2)cc1)c1ccc(-n2cncn2)cc1. The molecule has 0 spiro atoms. The quantitative estimate of drug-likeness (QED) is 0.521. The van der Waals surface area contributed by atoms with Crippen LogP contribution in [0.5, 0.6) is 0 Å². The lowest BCUT2D eigenvalue weighted by molar-refractivity contribution is -0.117. The first-order valence-corrected chi connectivity index (χ1v) is 12.9. The van der Waals surface area contributed by atoms with Gasteiger partial charge >= 0.3 is 0 Å². The number of nitrogens with zero attached hydrogens (tertiary/aromatic N) is 4. The molecule has 0 radical (unpaired) electrons. The summed E-state index contributed by atoms with van der Waals surface area (Å²) in [6.07, 6.45) is 10.2. The minimum atomic E-state index is -3.48. The molecule has 2 aromatic carbocycles. The molecule has 8 nitrogen and oxygen atoms in total. The van der Waals surface area contributed by atoms with E-state index in [1.54, 1.807) is 45.7 Å². The van der Waals surface area contributed by atoms with Gasteiger partial charge in [-0.1, -0.05) is 37.1 Å². The summed E-state index contributed by atoms with van der Waals surface area (Å²) < 4.78 is 29.0. The van der Waals surface area contributed by atoms with Gasteiger partial charge in [0.05, 0.1) is 16.6 Å². The van der Waals surface area contributed by atoms with Crippen LogP contribution in [0.3, 0.4) is 0 Å². The molecule has 1 aromatic heterocycles. The number of amides is 1. The Hall–Kier alpha value is -3.30. The van der Waals surface area contributed by atoms with Gasteiger partial charge in [0, 0.05) is 19.2 Å². The largest absolute Gasteiger partial charge is 0.346 e. The molecule has 34 heavy (non-hydrogen) atoms. The molecule has 1 fully saturated rings. The van der Waals surface area contributed by atoms with Gasteiger partial charge in [-0.15, -0.1) is 0 Å². The molecule has 1 amide bonds. The van der Waals surface area contributed by atoms with Gasteiger partial charge in [0.2, 0.25) is 15.9 Å². The fourth-order valence-electron chi connectivity index (χ4n) is 3.96. The van der Waals surface area contributed by atoms with Crippen LogP contribution in [0.15, 0.2) is 72.2 Å². The Bertz CT molecular complexity index is 1210. The Morgan fingerprint density at radius 2 is 1.68 bits per heavy atom. The van der Waals surface area contributed by atoms with E-state index in [9.17, 15) is 13.2 Å². The molecule has 1 unspecified atom stereocenters. The number of sulfonamides is 1. The van der Waals surface area contributed by atoms with Gasteiger partial charge in [-0.2, -0.15) is 9.40 Å². The molecule has 0 aliphatic carbocycles. The van der Waals surface area contributed by atoms with Gasteiger partial charge in [0.1, 0.15) is 12.7 Å². The molecular weight excluding hydrogens is 450 g/mol. The number of carbonyl (C=O) groups excluding carboxylic acids is 1. The van der Waals surface area contributed by atoms with Crippen molar-refractivity contribution in [1.82, 2.24) is 24.4 Å². The van der Waals surface area contributed by atoms with Gasteiger partial charge in [-0.05, 0) is 61.2 Å². The number of rotatable bonds is 7. The molecule has 178 valence electrons. The lowest BCUT2D eigenvalue weighted by atomic mass is 10.1. The van der Waals surface area contributed by atoms with E-state index in [2.05, 4.69) is 15.4 Å². The molecule has 0 bridgehead atoms. The van der Waals surface area contributed by atoms with Gasteiger partial charge in [0.25, 0.3) is 0 Å². The average molecular weight is 480 g/mol. The number of aromatic nitrogens is 3. The molecule has 1 saturated heterocycles. The summed E-state index contributed by atoms with van der Waals surface area (Å²) in [6, 6.07) is 14.2. The number of hydrogen-bond donors (Lipinski definition) is 1. The zero-order valence-corrected chi connectivity index (χ0v) is 20.0. The van der Waals surface area contributed by atoms with Crippen molar-refractivity contribution in [3.63, 3.8) is 0 Å². The highest BCUT2D eigenvalue weighted by Gasteiger charge is 2.24. The number of benzene rings is 2. The van der Waals surface area contributed by atoms with E-state index in [0.29, 0.717) is 18.0 Å². The third-order valence-electron chi connectivity index (χ3n) is 5.95. The first-order valence-electron chi connectivity index (χ1n) is 11.5. The summed E-state index contributed by atoms with van der Waals surface area (Å²) >= 11 is 0. The van der Waals surface area contributed by atoms with Crippen LogP contribution in [-0.4, -0.2) is 46.5 Å². The van der Waals surface area contributed by atoms with Crippen LogP contribution in [0.25, 0.3) is 11.8 Å². The van der Waals surface area contributed by atoms with Crippen molar-refractivity contribution in [3.05, 3.63) is 78.4 Å². The highest BCUT2D eigenvalue weighted by molar-refractivity contribution is 7.89. The molecule has 1 atom stereocenters. The molecule has 9 heteroatoms. The number of hydrogen-bond acceptors (Lipinski definition) is 5. The van der Waals surface area contributed by atoms with E-state index in [-0.39, 0.29) is 11.9 Å². The Morgan fingerprint density at radius 3 is 2.29 bits per heavy atom. The normalized spacial score (nSPS) is 16.3. The second kappa shape index (κ2) is 10.8. The number of carbonyl (C=O) groups is 1. The van der Waals surface area contributed by atoms with E-state index in [1.807, 2.05) is 31.2 Å².